The molecule has 1 aliphatic rings. The molecule has 1 fully saturated rings. The van der Waals surface area contributed by atoms with Crippen molar-refractivity contribution >= 4 is 50.5 Å². The first-order chi connectivity index (χ1) is 18.6. The Morgan fingerprint density at radius 1 is 1.08 bits per heavy atom. The third kappa shape index (κ3) is 4.78. The van der Waals surface area contributed by atoms with Crippen LogP contribution in [0.5, 0.6) is 0 Å². The number of pyridine rings is 1. The Labute approximate surface area is 230 Å². The number of para-hydroxylation sites is 1. The van der Waals surface area contributed by atoms with Crippen LogP contribution in [0, 0.1) is 6.92 Å². The molecule has 1 saturated heterocycles. The SMILES string of the molecule is Cc1cccc(NC(=O)CCN2C(=S)N[C@@H](c3ccccn3)[C@H]2c2cccn2-c2nc3ccccc3s2)c1. The molecule has 0 unspecified atom stereocenters. The highest BCUT2D eigenvalue weighted by Gasteiger charge is 2.41. The lowest BCUT2D eigenvalue weighted by Crippen LogP contribution is -2.33. The normalized spacial score (nSPS) is 17.1. The molecule has 190 valence electrons. The van der Waals surface area contributed by atoms with Crippen LogP contribution in [0.1, 0.15) is 35.5 Å². The van der Waals surface area contributed by atoms with E-state index in [0.717, 1.165) is 38.0 Å². The van der Waals surface area contributed by atoms with Gasteiger partial charge in [0.15, 0.2) is 10.2 Å². The van der Waals surface area contributed by atoms with Gasteiger partial charge in [-0.2, -0.15) is 0 Å². The fourth-order valence-electron chi connectivity index (χ4n) is 4.91. The van der Waals surface area contributed by atoms with Crippen molar-refractivity contribution in [3.8, 4) is 5.13 Å². The number of thiazole rings is 1. The van der Waals surface area contributed by atoms with Crippen molar-refractivity contribution in [2.45, 2.75) is 25.4 Å². The number of benzene rings is 2. The lowest BCUT2D eigenvalue weighted by Gasteiger charge is -2.28. The van der Waals surface area contributed by atoms with E-state index >= 15 is 0 Å². The Morgan fingerprint density at radius 2 is 1.95 bits per heavy atom. The number of hydrogen-bond donors (Lipinski definition) is 2. The third-order valence-electron chi connectivity index (χ3n) is 6.65. The number of carbonyl (C=O) groups is 1. The van der Waals surface area contributed by atoms with E-state index in [-0.39, 0.29) is 18.0 Å². The van der Waals surface area contributed by atoms with Crippen molar-refractivity contribution in [1.29, 1.82) is 0 Å². The van der Waals surface area contributed by atoms with E-state index in [0.29, 0.717) is 18.1 Å². The standard InChI is InChI=1S/C29H26N6OS2/c1-19-8-6-9-20(18-19)31-25(36)14-17-35-27(26(33-28(35)37)22-11-4-5-15-30-22)23-12-7-16-34(23)29-32-21-10-2-3-13-24(21)38-29/h2-13,15-16,18,26-27H,14,17H2,1H3,(H,31,36)(H,33,37)/t26-,27+/m0/s1. The van der Waals surface area contributed by atoms with Crippen molar-refractivity contribution in [2.24, 2.45) is 0 Å². The van der Waals surface area contributed by atoms with Gasteiger partial charge in [-0.15, -0.1) is 0 Å². The van der Waals surface area contributed by atoms with Crippen molar-refractivity contribution in [3.63, 3.8) is 0 Å². The summed E-state index contributed by atoms with van der Waals surface area (Å²) in [6.07, 6.45) is 4.12. The molecule has 9 heteroatoms. The Hall–Kier alpha value is -4.08. The predicted octanol–water partition coefficient (Wildman–Crippen LogP) is 5.79. The molecule has 3 aromatic heterocycles. The number of nitrogens with one attached hydrogen (secondary N) is 2. The molecule has 2 N–H and O–H groups in total. The lowest BCUT2D eigenvalue weighted by molar-refractivity contribution is -0.116. The Kier molecular flexibility index (Phi) is 6.61. The summed E-state index contributed by atoms with van der Waals surface area (Å²) in [6.45, 7) is 2.47. The number of amides is 1. The quantitative estimate of drug-likeness (QED) is 0.256. The number of hydrogen-bond acceptors (Lipinski definition) is 5. The first-order valence-corrected chi connectivity index (χ1v) is 13.7. The summed E-state index contributed by atoms with van der Waals surface area (Å²) in [7, 11) is 0. The van der Waals surface area contributed by atoms with Gasteiger partial charge in [0.1, 0.15) is 0 Å². The number of rotatable bonds is 7. The zero-order valence-electron chi connectivity index (χ0n) is 20.7. The molecular weight excluding hydrogens is 512 g/mol. The minimum Gasteiger partial charge on any atom is -0.352 e. The molecule has 2 atom stereocenters. The Morgan fingerprint density at radius 3 is 2.76 bits per heavy atom. The summed E-state index contributed by atoms with van der Waals surface area (Å²) in [5, 5.41) is 7.98. The molecular formula is C29H26N6OS2. The number of thiocarbonyl (C=S) groups is 1. The van der Waals surface area contributed by atoms with Crippen LogP contribution in [0.15, 0.2) is 91.3 Å². The zero-order valence-corrected chi connectivity index (χ0v) is 22.4. The fraction of sp³-hybridized carbons (Fsp3) is 0.172. The Balaban J connectivity index is 1.32. The molecule has 2 aromatic carbocycles. The number of fused-ring (bicyclic) bond motifs is 1. The average molecular weight is 539 g/mol. The molecule has 4 heterocycles. The minimum atomic E-state index is -0.175. The second-order valence-corrected chi connectivity index (χ2v) is 10.7. The van der Waals surface area contributed by atoms with Gasteiger partial charge in [0.25, 0.3) is 0 Å². The molecule has 5 aromatic rings. The predicted molar refractivity (Wildman–Crippen MR) is 156 cm³/mol. The summed E-state index contributed by atoms with van der Waals surface area (Å²) in [5.41, 5.74) is 4.79. The first-order valence-electron chi connectivity index (χ1n) is 12.4. The van der Waals surface area contributed by atoms with Gasteiger partial charge in [-0.25, -0.2) is 4.98 Å². The van der Waals surface area contributed by atoms with Gasteiger partial charge in [-0.1, -0.05) is 41.7 Å². The maximum Gasteiger partial charge on any atom is 0.226 e. The maximum absolute atomic E-state index is 12.9. The first kappa shape index (κ1) is 24.3. The molecule has 0 radical (unpaired) electrons. The lowest BCUT2D eigenvalue weighted by atomic mass is 10.0. The van der Waals surface area contributed by atoms with Crippen LogP contribution in [0.25, 0.3) is 15.3 Å². The smallest absolute Gasteiger partial charge is 0.226 e. The number of anilines is 1. The third-order valence-corrected chi connectivity index (χ3v) is 8.04. The second kappa shape index (κ2) is 10.4. The van der Waals surface area contributed by atoms with Crippen LogP contribution >= 0.6 is 23.6 Å². The van der Waals surface area contributed by atoms with Gasteiger partial charge < -0.3 is 15.5 Å². The van der Waals surface area contributed by atoms with Crippen molar-refractivity contribution in [3.05, 3.63) is 108 Å². The summed E-state index contributed by atoms with van der Waals surface area (Å²) < 4.78 is 3.26. The maximum atomic E-state index is 12.9. The van der Waals surface area contributed by atoms with Gasteiger partial charge in [0, 0.05) is 31.0 Å². The molecule has 1 aliphatic heterocycles. The second-order valence-electron chi connectivity index (χ2n) is 9.25. The highest BCUT2D eigenvalue weighted by molar-refractivity contribution is 7.80. The van der Waals surface area contributed by atoms with E-state index in [4.69, 9.17) is 17.2 Å². The van der Waals surface area contributed by atoms with E-state index in [1.807, 2.05) is 79.9 Å². The monoisotopic (exact) mass is 538 g/mol. The number of carbonyl (C=O) groups excluding carboxylic acids is 1. The topological polar surface area (TPSA) is 75.1 Å². The minimum absolute atomic E-state index is 0.0556. The summed E-state index contributed by atoms with van der Waals surface area (Å²) in [6, 6.07) is 25.6. The highest BCUT2D eigenvalue weighted by atomic mass is 32.1. The van der Waals surface area contributed by atoms with Crippen LogP contribution < -0.4 is 10.6 Å². The molecule has 0 bridgehead atoms. The number of aromatic nitrogens is 3. The number of nitrogens with zero attached hydrogens (tertiary/aromatic N) is 4. The van der Waals surface area contributed by atoms with Gasteiger partial charge >= 0.3 is 0 Å². The van der Waals surface area contributed by atoms with Crippen molar-refractivity contribution in [2.75, 3.05) is 11.9 Å². The van der Waals surface area contributed by atoms with Crippen LogP contribution in [-0.4, -0.2) is 37.0 Å². The Bertz CT molecular complexity index is 1580. The van der Waals surface area contributed by atoms with E-state index < -0.39 is 0 Å². The van der Waals surface area contributed by atoms with E-state index in [9.17, 15) is 4.79 Å². The summed E-state index contributed by atoms with van der Waals surface area (Å²) in [4.78, 5) is 24.5. The van der Waals surface area contributed by atoms with Crippen molar-refractivity contribution < 1.29 is 4.79 Å². The number of aryl methyl sites for hydroxylation is 1. The van der Waals surface area contributed by atoms with Gasteiger partial charge in [-0.05, 0) is 73.2 Å². The van der Waals surface area contributed by atoms with E-state index in [1.54, 1.807) is 17.5 Å². The molecule has 1 amide bonds. The van der Waals surface area contributed by atoms with Crippen LogP contribution in [0.3, 0.4) is 0 Å². The molecule has 0 aliphatic carbocycles. The van der Waals surface area contributed by atoms with Gasteiger partial charge in [0.2, 0.25) is 5.91 Å². The zero-order chi connectivity index (χ0) is 26.1. The van der Waals surface area contributed by atoms with Crippen molar-refractivity contribution in [1.82, 2.24) is 24.8 Å². The van der Waals surface area contributed by atoms with E-state index in [1.165, 1.54) is 0 Å². The molecule has 0 spiro atoms. The van der Waals surface area contributed by atoms with Crippen LogP contribution in [0.4, 0.5) is 5.69 Å². The summed E-state index contributed by atoms with van der Waals surface area (Å²) >= 11 is 7.46. The van der Waals surface area contributed by atoms with Gasteiger partial charge in [-0.3, -0.25) is 14.3 Å². The van der Waals surface area contributed by atoms with E-state index in [2.05, 4.69) is 37.2 Å². The van der Waals surface area contributed by atoms with Crippen LogP contribution in [-0.2, 0) is 4.79 Å². The van der Waals surface area contributed by atoms with Crippen LogP contribution in [0.2, 0.25) is 0 Å². The average Bonchev–Trinajstić information content (AvgIpc) is 3.64. The highest BCUT2D eigenvalue weighted by Crippen LogP contribution is 2.40. The molecule has 0 saturated carbocycles. The molecule has 38 heavy (non-hydrogen) atoms. The largest absolute Gasteiger partial charge is 0.352 e. The van der Waals surface area contributed by atoms with Gasteiger partial charge in [0.05, 0.1) is 33.7 Å². The fourth-order valence-corrected chi connectivity index (χ4v) is 6.21. The summed E-state index contributed by atoms with van der Waals surface area (Å²) in [5.74, 6) is -0.0556. The molecule has 7 nitrogen and oxygen atoms in total. The molecule has 6 rings (SSSR count).